The van der Waals surface area contributed by atoms with Crippen molar-refractivity contribution in [3.05, 3.63) is 36.7 Å². The predicted molar refractivity (Wildman–Crippen MR) is 102 cm³/mol. The Kier molecular flexibility index (Phi) is 5.83. The molecule has 1 aliphatic heterocycles. The monoisotopic (exact) mass is 370 g/mol. The van der Waals surface area contributed by atoms with Gasteiger partial charge in [-0.15, -0.1) is 0 Å². The van der Waals surface area contributed by atoms with E-state index in [2.05, 4.69) is 25.3 Å². The van der Waals surface area contributed by atoms with E-state index in [0.717, 1.165) is 31.5 Å². The third-order valence-corrected chi connectivity index (χ3v) is 4.21. The molecule has 2 aromatic rings. The van der Waals surface area contributed by atoms with Crippen molar-refractivity contribution in [3.8, 4) is 0 Å². The van der Waals surface area contributed by atoms with Crippen molar-refractivity contribution in [3.63, 3.8) is 0 Å². The van der Waals surface area contributed by atoms with Gasteiger partial charge < -0.3 is 15.0 Å². The second-order valence-corrected chi connectivity index (χ2v) is 7.75. The summed E-state index contributed by atoms with van der Waals surface area (Å²) >= 11 is 0. The van der Waals surface area contributed by atoms with Crippen molar-refractivity contribution in [1.29, 1.82) is 0 Å². The van der Waals surface area contributed by atoms with E-state index in [9.17, 15) is 4.79 Å². The highest BCUT2D eigenvalue weighted by Gasteiger charge is 2.27. The molecule has 2 aromatic heterocycles. The van der Waals surface area contributed by atoms with Crippen molar-refractivity contribution in [2.45, 2.75) is 45.6 Å². The van der Waals surface area contributed by atoms with Gasteiger partial charge in [0.25, 0.3) is 0 Å². The van der Waals surface area contributed by atoms with E-state index in [1.807, 2.05) is 26.8 Å². The van der Waals surface area contributed by atoms with Gasteiger partial charge in [0.2, 0.25) is 0 Å². The fraction of sp³-hybridized carbons (Fsp3) is 0.526. The lowest BCUT2D eigenvalue weighted by Crippen LogP contribution is -2.43. The van der Waals surface area contributed by atoms with Gasteiger partial charge in [0.15, 0.2) is 0 Å². The number of hydrogen-bond donors (Lipinski definition) is 1. The summed E-state index contributed by atoms with van der Waals surface area (Å²) in [4.78, 5) is 31.0. The molecule has 1 atom stereocenters. The Morgan fingerprint density at radius 1 is 1.26 bits per heavy atom. The van der Waals surface area contributed by atoms with E-state index in [0.29, 0.717) is 24.1 Å². The van der Waals surface area contributed by atoms with E-state index in [4.69, 9.17) is 4.74 Å². The maximum atomic E-state index is 12.3. The molecule has 1 fully saturated rings. The van der Waals surface area contributed by atoms with Gasteiger partial charge in [-0.05, 0) is 46.0 Å². The Bertz CT molecular complexity index is 762. The zero-order valence-electron chi connectivity index (χ0n) is 16.1. The lowest BCUT2D eigenvalue weighted by atomic mass is 9.93. The van der Waals surface area contributed by atoms with Crippen LogP contribution in [0.3, 0.4) is 0 Å². The maximum Gasteiger partial charge on any atom is 0.410 e. The Morgan fingerprint density at radius 2 is 2.11 bits per heavy atom. The molecular weight excluding hydrogens is 344 g/mol. The largest absolute Gasteiger partial charge is 0.444 e. The van der Waals surface area contributed by atoms with E-state index in [1.165, 1.54) is 0 Å². The van der Waals surface area contributed by atoms with Crippen LogP contribution in [0, 0.1) is 5.92 Å². The third kappa shape index (κ3) is 5.87. The number of anilines is 2. The second kappa shape index (κ2) is 8.28. The number of carbonyl (C=O) groups is 1. The third-order valence-electron chi connectivity index (χ3n) is 4.21. The number of nitrogens with zero attached hydrogens (tertiary/aromatic N) is 5. The molecule has 1 aliphatic rings. The molecule has 1 amide bonds. The van der Waals surface area contributed by atoms with Gasteiger partial charge in [-0.3, -0.25) is 4.98 Å². The molecule has 0 saturated carbocycles. The molecule has 1 saturated heterocycles. The maximum absolute atomic E-state index is 12.3. The first-order valence-electron chi connectivity index (χ1n) is 9.21. The molecule has 8 heteroatoms. The van der Waals surface area contributed by atoms with Crippen LogP contribution < -0.4 is 5.32 Å². The first-order valence-corrected chi connectivity index (χ1v) is 9.21. The van der Waals surface area contributed by atoms with Crippen molar-refractivity contribution in [2.24, 2.45) is 5.92 Å². The van der Waals surface area contributed by atoms with Crippen LogP contribution >= 0.6 is 0 Å². The van der Waals surface area contributed by atoms with Gasteiger partial charge in [-0.2, -0.15) is 0 Å². The average molecular weight is 370 g/mol. The standard InChI is InChI=1S/C19H26N6O2/c1-19(2,3)27-18(26)25-8-4-5-14(12-25)9-15-10-16(23-13-22-15)24-17-11-20-6-7-21-17/h6-7,10-11,13-14H,4-5,8-9,12H2,1-3H3,(H,21,22,23,24)/t14-/m0/s1. The molecule has 0 aliphatic carbocycles. The van der Waals surface area contributed by atoms with Gasteiger partial charge in [0.1, 0.15) is 23.6 Å². The minimum absolute atomic E-state index is 0.236. The fourth-order valence-electron chi connectivity index (χ4n) is 3.09. The van der Waals surface area contributed by atoms with Crippen molar-refractivity contribution in [2.75, 3.05) is 18.4 Å². The minimum Gasteiger partial charge on any atom is -0.444 e. The molecule has 144 valence electrons. The zero-order chi connectivity index (χ0) is 19.3. The lowest BCUT2D eigenvalue weighted by Gasteiger charge is -2.34. The Labute approximate surface area is 159 Å². The van der Waals surface area contributed by atoms with Crippen LogP contribution in [-0.2, 0) is 11.2 Å². The molecule has 0 bridgehead atoms. The van der Waals surface area contributed by atoms with Crippen molar-refractivity contribution >= 4 is 17.7 Å². The Hall–Kier alpha value is -2.77. The summed E-state index contributed by atoms with van der Waals surface area (Å²) in [5.74, 6) is 1.67. The summed E-state index contributed by atoms with van der Waals surface area (Å²) in [5.41, 5.74) is 0.463. The van der Waals surface area contributed by atoms with E-state index in [-0.39, 0.29) is 6.09 Å². The fourth-order valence-corrected chi connectivity index (χ4v) is 3.09. The van der Waals surface area contributed by atoms with Gasteiger partial charge in [-0.25, -0.2) is 19.7 Å². The normalized spacial score (nSPS) is 17.4. The molecule has 0 aromatic carbocycles. The summed E-state index contributed by atoms with van der Waals surface area (Å²) in [7, 11) is 0. The molecule has 3 heterocycles. The number of amides is 1. The smallest absolute Gasteiger partial charge is 0.410 e. The van der Waals surface area contributed by atoms with Crippen LogP contribution in [0.4, 0.5) is 16.4 Å². The van der Waals surface area contributed by atoms with Gasteiger partial charge >= 0.3 is 6.09 Å². The van der Waals surface area contributed by atoms with Crippen molar-refractivity contribution in [1.82, 2.24) is 24.8 Å². The highest BCUT2D eigenvalue weighted by Crippen LogP contribution is 2.23. The number of carbonyl (C=O) groups excluding carboxylic acids is 1. The van der Waals surface area contributed by atoms with Gasteiger partial charge in [-0.1, -0.05) is 0 Å². The molecule has 0 unspecified atom stereocenters. The van der Waals surface area contributed by atoms with Crippen LogP contribution in [0.25, 0.3) is 0 Å². The SMILES string of the molecule is CC(C)(C)OC(=O)N1CCC[C@@H](Cc2cc(Nc3cnccn3)ncn2)C1. The second-order valence-electron chi connectivity index (χ2n) is 7.75. The van der Waals surface area contributed by atoms with E-state index in [1.54, 1.807) is 29.8 Å². The highest BCUT2D eigenvalue weighted by atomic mass is 16.6. The van der Waals surface area contributed by atoms with Gasteiger partial charge in [0, 0.05) is 37.2 Å². The Balaban J connectivity index is 1.60. The minimum atomic E-state index is -0.475. The zero-order valence-corrected chi connectivity index (χ0v) is 16.1. The summed E-state index contributed by atoms with van der Waals surface area (Å²) in [6.45, 7) is 7.09. The summed E-state index contributed by atoms with van der Waals surface area (Å²) in [6.07, 6.45) is 9.02. The topological polar surface area (TPSA) is 93.1 Å². The molecule has 0 spiro atoms. The van der Waals surface area contributed by atoms with Crippen molar-refractivity contribution < 1.29 is 9.53 Å². The molecule has 27 heavy (non-hydrogen) atoms. The number of hydrogen-bond acceptors (Lipinski definition) is 7. The number of nitrogens with one attached hydrogen (secondary N) is 1. The molecule has 1 N–H and O–H groups in total. The summed E-state index contributed by atoms with van der Waals surface area (Å²) in [5, 5.41) is 3.13. The van der Waals surface area contributed by atoms with Crippen LogP contribution in [0.5, 0.6) is 0 Å². The first kappa shape index (κ1) is 19.0. The number of likely N-dealkylation sites (tertiary alicyclic amines) is 1. The Morgan fingerprint density at radius 3 is 2.85 bits per heavy atom. The van der Waals surface area contributed by atoms with Crippen LogP contribution in [0.15, 0.2) is 31.0 Å². The van der Waals surface area contributed by atoms with Crippen LogP contribution in [0.1, 0.15) is 39.3 Å². The van der Waals surface area contributed by atoms with Crippen LogP contribution in [0.2, 0.25) is 0 Å². The van der Waals surface area contributed by atoms with Crippen LogP contribution in [-0.4, -0.2) is 49.6 Å². The number of rotatable bonds is 4. The number of aromatic nitrogens is 4. The first-order chi connectivity index (χ1) is 12.9. The molecule has 3 rings (SSSR count). The lowest BCUT2D eigenvalue weighted by molar-refractivity contribution is 0.0165. The summed E-state index contributed by atoms with van der Waals surface area (Å²) < 4.78 is 5.50. The number of piperidine rings is 1. The number of ether oxygens (including phenoxy) is 1. The quantitative estimate of drug-likeness (QED) is 0.883. The summed E-state index contributed by atoms with van der Waals surface area (Å²) in [6, 6.07) is 1.92. The highest BCUT2D eigenvalue weighted by molar-refractivity contribution is 5.68. The predicted octanol–water partition coefficient (Wildman–Crippen LogP) is 3.20. The average Bonchev–Trinajstić information content (AvgIpc) is 2.62. The molecule has 0 radical (unpaired) electrons. The van der Waals surface area contributed by atoms with E-state index >= 15 is 0 Å². The molecule has 8 nitrogen and oxygen atoms in total. The van der Waals surface area contributed by atoms with E-state index < -0.39 is 5.60 Å². The van der Waals surface area contributed by atoms with Gasteiger partial charge in [0.05, 0.1) is 6.20 Å². The molecular formula is C19H26N6O2.